The lowest BCUT2D eigenvalue weighted by Gasteiger charge is -2.24. The first-order valence-electron chi connectivity index (χ1n) is 9.00. The van der Waals surface area contributed by atoms with Crippen LogP contribution in [0.2, 0.25) is 0 Å². The van der Waals surface area contributed by atoms with Crippen LogP contribution >= 0.6 is 0 Å². The quantitative estimate of drug-likeness (QED) is 0.604. The van der Waals surface area contributed by atoms with Crippen LogP contribution in [-0.4, -0.2) is 58.1 Å². The van der Waals surface area contributed by atoms with Gasteiger partial charge in [0.05, 0.1) is 13.2 Å². The molecule has 0 amide bonds. The molecule has 4 N–H and O–H groups in total. The van der Waals surface area contributed by atoms with Crippen LogP contribution in [0.15, 0.2) is 48.5 Å². The Morgan fingerprint density at radius 3 is 1.96 bits per heavy atom. The van der Waals surface area contributed by atoms with Crippen molar-refractivity contribution in [3.63, 3.8) is 0 Å². The molecule has 0 bridgehead atoms. The third kappa shape index (κ3) is 3.83. The summed E-state index contributed by atoms with van der Waals surface area (Å²) in [4.78, 5) is 0. The molecule has 0 spiro atoms. The van der Waals surface area contributed by atoms with Crippen LogP contribution in [0.3, 0.4) is 0 Å². The number of aromatic hydroxyl groups is 2. The van der Waals surface area contributed by atoms with Gasteiger partial charge in [-0.05, 0) is 24.3 Å². The van der Waals surface area contributed by atoms with Crippen molar-refractivity contribution < 1.29 is 39.4 Å². The van der Waals surface area contributed by atoms with Crippen LogP contribution in [0.1, 0.15) is 23.7 Å². The number of hydrogen-bond acceptors (Lipinski definition) is 8. The molecule has 2 aromatic carbocycles. The standard InChI is InChI=1S/C20H22O8/c21-9-15(24)17-18(28-20(27-17)12-3-7-14(23)8-4-12)16-10-25-19(26-16)11-1-5-13(22)6-2-11/h1-8,15-24H,9-10H2/t15-,16+,17-,18-,19?,20?/m1/s1. The number of phenols is 2. The van der Waals surface area contributed by atoms with Gasteiger partial charge in [0.25, 0.3) is 0 Å². The smallest absolute Gasteiger partial charge is 0.184 e. The monoisotopic (exact) mass is 390 g/mol. The third-order valence-electron chi connectivity index (χ3n) is 4.86. The topological polar surface area (TPSA) is 118 Å². The summed E-state index contributed by atoms with van der Waals surface area (Å²) in [6, 6.07) is 12.9. The fourth-order valence-corrected chi connectivity index (χ4v) is 3.37. The second-order valence-corrected chi connectivity index (χ2v) is 6.81. The maximum absolute atomic E-state index is 10.2. The number of aliphatic hydroxyl groups is 2. The molecule has 2 unspecified atom stereocenters. The first-order valence-corrected chi connectivity index (χ1v) is 9.00. The molecular weight excluding hydrogens is 368 g/mol. The van der Waals surface area contributed by atoms with Crippen molar-refractivity contribution in [3.8, 4) is 11.5 Å². The summed E-state index contributed by atoms with van der Waals surface area (Å²) in [5.41, 5.74) is 1.41. The van der Waals surface area contributed by atoms with Gasteiger partial charge in [-0.3, -0.25) is 0 Å². The molecule has 8 nitrogen and oxygen atoms in total. The lowest BCUT2D eigenvalue weighted by atomic mass is 10.0. The van der Waals surface area contributed by atoms with E-state index in [0.717, 1.165) is 5.56 Å². The number of hydrogen-bond donors (Lipinski definition) is 4. The first-order chi connectivity index (χ1) is 13.5. The van der Waals surface area contributed by atoms with E-state index in [2.05, 4.69) is 0 Å². The summed E-state index contributed by atoms with van der Waals surface area (Å²) in [5, 5.41) is 38.4. The molecule has 2 saturated heterocycles. The van der Waals surface area contributed by atoms with Crippen molar-refractivity contribution in [3.05, 3.63) is 59.7 Å². The van der Waals surface area contributed by atoms with E-state index in [-0.39, 0.29) is 18.1 Å². The highest BCUT2D eigenvalue weighted by Crippen LogP contribution is 2.39. The lowest BCUT2D eigenvalue weighted by Crippen LogP contribution is -2.44. The van der Waals surface area contributed by atoms with Crippen LogP contribution in [-0.2, 0) is 18.9 Å². The van der Waals surface area contributed by atoms with Crippen LogP contribution in [0.25, 0.3) is 0 Å². The van der Waals surface area contributed by atoms with Crippen LogP contribution in [0.5, 0.6) is 11.5 Å². The highest BCUT2D eigenvalue weighted by Gasteiger charge is 2.48. The summed E-state index contributed by atoms with van der Waals surface area (Å²) >= 11 is 0. The van der Waals surface area contributed by atoms with E-state index in [9.17, 15) is 20.4 Å². The molecule has 150 valence electrons. The predicted molar refractivity (Wildman–Crippen MR) is 95.4 cm³/mol. The number of benzene rings is 2. The SMILES string of the molecule is OC[C@@H](O)[C@H]1OC(c2ccc(O)cc2)O[C@@H]1[C@@H]1COC(c2ccc(O)cc2)O1. The summed E-state index contributed by atoms with van der Waals surface area (Å²) in [6.45, 7) is -0.266. The Labute approximate surface area is 161 Å². The van der Waals surface area contributed by atoms with E-state index in [0.29, 0.717) is 5.56 Å². The number of aliphatic hydroxyl groups excluding tert-OH is 2. The molecule has 4 rings (SSSR count). The Kier molecular flexibility index (Phi) is 5.49. The molecule has 2 aromatic rings. The second kappa shape index (κ2) is 8.04. The second-order valence-electron chi connectivity index (χ2n) is 6.81. The van der Waals surface area contributed by atoms with E-state index in [1.54, 1.807) is 36.4 Å². The molecule has 2 heterocycles. The van der Waals surface area contributed by atoms with Gasteiger partial charge in [-0.2, -0.15) is 0 Å². The molecular formula is C20H22O8. The zero-order chi connectivity index (χ0) is 19.7. The highest BCUT2D eigenvalue weighted by atomic mass is 16.8. The average molecular weight is 390 g/mol. The normalized spacial score (nSPS) is 31.1. The minimum atomic E-state index is -1.15. The third-order valence-corrected chi connectivity index (χ3v) is 4.86. The fourth-order valence-electron chi connectivity index (χ4n) is 3.37. The molecule has 2 fully saturated rings. The van der Waals surface area contributed by atoms with Crippen molar-refractivity contribution in [1.29, 1.82) is 0 Å². The summed E-state index contributed by atoms with van der Waals surface area (Å²) in [5.74, 6) is 0.267. The number of rotatable bonds is 5. The number of phenolic OH excluding ortho intramolecular Hbond substituents is 2. The maximum atomic E-state index is 10.2. The largest absolute Gasteiger partial charge is 0.508 e. The van der Waals surface area contributed by atoms with Gasteiger partial charge in [-0.15, -0.1) is 0 Å². The molecule has 28 heavy (non-hydrogen) atoms. The van der Waals surface area contributed by atoms with Crippen LogP contribution in [0.4, 0.5) is 0 Å². The van der Waals surface area contributed by atoms with Crippen molar-refractivity contribution in [2.45, 2.75) is 37.0 Å². The Hall–Kier alpha value is -2.20. The number of ether oxygens (including phenoxy) is 4. The van der Waals surface area contributed by atoms with Gasteiger partial charge in [0.1, 0.15) is 35.9 Å². The Balaban J connectivity index is 1.49. The fraction of sp³-hybridized carbons (Fsp3) is 0.400. The molecule has 0 saturated carbocycles. The van der Waals surface area contributed by atoms with Gasteiger partial charge in [0.2, 0.25) is 0 Å². The summed E-state index contributed by atoms with van der Waals surface area (Å²) in [7, 11) is 0. The predicted octanol–water partition coefficient (Wildman–Crippen LogP) is 1.35. The van der Waals surface area contributed by atoms with Gasteiger partial charge in [-0.1, -0.05) is 24.3 Å². The van der Waals surface area contributed by atoms with E-state index in [1.165, 1.54) is 12.1 Å². The van der Waals surface area contributed by atoms with E-state index < -0.39 is 43.6 Å². The van der Waals surface area contributed by atoms with Crippen molar-refractivity contribution >= 4 is 0 Å². The Morgan fingerprint density at radius 1 is 0.821 bits per heavy atom. The molecule has 0 radical (unpaired) electrons. The van der Waals surface area contributed by atoms with Gasteiger partial charge in [0, 0.05) is 11.1 Å². The minimum Gasteiger partial charge on any atom is -0.508 e. The minimum absolute atomic E-state index is 0.120. The zero-order valence-electron chi connectivity index (χ0n) is 14.9. The van der Waals surface area contributed by atoms with Gasteiger partial charge in [0.15, 0.2) is 12.6 Å². The first kappa shape index (κ1) is 19.1. The van der Waals surface area contributed by atoms with Crippen LogP contribution in [0, 0.1) is 0 Å². The maximum Gasteiger partial charge on any atom is 0.184 e. The lowest BCUT2D eigenvalue weighted by molar-refractivity contribution is -0.107. The molecule has 8 heteroatoms. The van der Waals surface area contributed by atoms with E-state index in [4.69, 9.17) is 18.9 Å². The molecule has 0 aromatic heterocycles. The zero-order valence-corrected chi connectivity index (χ0v) is 14.9. The van der Waals surface area contributed by atoms with E-state index >= 15 is 0 Å². The Morgan fingerprint density at radius 2 is 1.39 bits per heavy atom. The van der Waals surface area contributed by atoms with E-state index in [1.807, 2.05) is 0 Å². The molecule has 2 aliphatic rings. The van der Waals surface area contributed by atoms with Gasteiger partial charge < -0.3 is 39.4 Å². The van der Waals surface area contributed by atoms with Gasteiger partial charge >= 0.3 is 0 Å². The average Bonchev–Trinajstić information content (AvgIpc) is 3.36. The Bertz CT molecular complexity index is 778. The molecule has 6 atom stereocenters. The van der Waals surface area contributed by atoms with Crippen molar-refractivity contribution in [2.75, 3.05) is 13.2 Å². The van der Waals surface area contributed by atoms with Gasteiger partial charge in [-0.25, -0.2) is 0 Å². The van der Waals surface area contributed by atoms with Crippen molar-refractivity contribution in [1.82, 2.24) is 0 Å². The van der Waals surface area contributed by atoms with Crippen LogP contribution < -0.4 is 0 Å². The van der Waals surface area contributed by atoms with Crippen molar-refractivity contribution in [2.24, 2.45) is 0 Å². The molecule has 2 aliphatic heterocycles. The summed E-state index contributed by atoms with van der Waals surface area (Å²) < 4.78 is 23.5. The highest BCUT2D eigenvalue weighted by molar-refractivity contribution is 5.28. The molecule has 0 aliphatic carbocycles. The summed E-state index contributed by atoms with van der Waals surface area (Å²) in [6.07, 6.45) is -4.54.